The van der Waals surface area contributed by atoms with E-state index >= 15 is 0 Å². The lowest BCUT2D eigenvalue weighted by Crippen LogP contribution is -2.41. The van der Waals surface area contributed by atoms with E-state index in [1.165, 1.54) is 0 Å². The van der Waals surface area contributed by atoms with Gasteiger partial charge >= 0.3 is 0 Å². The molecule has 2 rings (SSSR count). The molecule has 0 aromatic heterocycles. The molecule has 0 saturated heterocycles. The van der Waals surface area contributed by atoms with Crippen molar-refractivity contribution in [2.24, 2.45) is 4.99 Å². The number of aliphatic imine (C=N–C) groups is 1. The molecule has 0 bridgehead atoms. The second-order valence-corrected chi connectivity index (χ2v) is 9.60. The number of para-hydroxylation sites is 1. The number of sulfonamides is 1. The third kappa shape index (κ3) is 8.98. The van der Waals surface area contributed by atoms with Crippen LogP contribution in [0.2, 0.25) is 0 Å². The summed E-state index contributed by atoms with van der Waals surface area (Å²) < 4.78 is 32.7. The van der Waals surface area contributed by atoms with Gasteiger partial charge in [0.05, 0.1) is 12.3 Å². The molecule has 7 nitrogen and oxygen atoms in total. The molecule has 8 heteroatoms. The molecule has 0 heterocycles. The van der Waals surface area contributed by atoms with Crippen molar-refractivity contribution in [2.45, 2.75) is 52.1 Å². The van der Waals surface area contributed by atoms with Crippen molar-refractivity contribution in [1.82, 2.24) is 15.4 Å². The van der Waals surface area contributed by atoms with Crippen molar-refractivity contribution in [2.75, 3.05) is 13.6 Å². The third-order valence-corrected chi connectivity index (χ3v) is 6.00. The molecule has 1 unspecified atom stereocenters. The molecule has 0 aliphatic heterocycles. The van der Waals surface area contributed by atoms with Gasteiger partial charge in [0.25, 0.3) is 0 Å². The van der Waals surface area contributed by atoms with Gasteiger partial charge in [-0.05, 0) is 50.5 Å². The van der Waals surface area contributed by atoms with E-state index in [1.807, 2.05) is 76.2 Å². The van der Waals surface area contributed by atoms with Crippen LogP contribution >= 0.6 is 0 Å². The van der Waals surface area contributed by atoms with Crippen molar-refractivity contribution in [3.63, 3.8) is 0 Å². The number of benzene rings is 2. The third-order valence-electron chi connectivity index (χ3n) is 4.46. The van der Waals surface area contributed by atoms with Gasteiger partial charge in [-0.1, -0.05) is 42.5 Å². The zero-order valence-corrected chi connectivity index (χ0v) is 19.8. The summed E-state index contributed by atoms with van der Waals surface area (Å²) in [6, 6.07) is 15.3. The summed E-state index contributed by atoms with van der Waals surface area (Å²) in [6.45, 7) is 8.83. The summed E-state index contributed by atoms with van der Waals surface area (Å²) >= 11 is 0. The molecule has 0 fully saturated rings. The molecule has 0 amide bonds. The van der Waals surface area contributed by atoms with Gasteiger partial charge in [0.15, 0.2) is 5.96 Å². The van der Waals surface area contributed by atoms with Crippen LogP contribution in [0.25, 0.3) is 0 Å². The normalized spacial score (nSPS) is 13.2. The fourth-order valence-electron chi connectivity index (χ4n) is 2.97. The number of guanidine groups is 1. The van der Waals surface area contributed by atoms with E-state index in [1.54, 1.807) is 7.05 Å². The SMILES string of the molecule is CN=C(NCc1ccc(CS(=O)(=O)NC(C)C)cc1)NCC(C)Oc1ccccc1C. The fraction of sp³-hybridized carbons (Fsp3) is 0.435. The van der Waals surface area contributed by atoms with Crippen LogP contribution in [0.1, 0.15) is 37.5 Å². The van der Waals surface area contributed by atoms with Crippen LogP contribution in [0.4, 0.5) is 0 Å². The molecule has 2 aromatic rings. The molecule has 31 heavy (non-hydrogen) atoms. The summed E-state index contributed by atoms with van der Waals surface area (Å²) in [5.74, 6) is 1.53. The number of ether oxygens (including phenoxy) is 1. The highest BCUT2D eigenvalue weighted by Gasteiger charge is 2.13. The van der Waals surface area contributed by atoms with Gasteiger partial charge in [0.2, 0.25) is 10.0 Å². The highest BCUT2D eigenvalue weighted by Crippen LogP contribution is 2.17. The molecule has 0 radical (unpaired) electrons. The van der Waals surface area contributed by atoms with Gasteiger partial charge in [-0.15, -0.1) is 0 Å². The van der Waals surface area contributed by atoms with Crippen molar-refractivity contribution >= 4 is 16.0 Å². The molecule has 1 atom stereocenters. The number of nitrogens with zero attached hydrogens (tertiary/aromatic N) is 1. The molecular weight excluding hydrogens is 412 g/mol. The Balaban J connectivity index is 1.81. The predicted octanol–water partition coefficient (Wildman–Crippen LogP) is 2.96. The minimum absolute atomic E-state index is 0.0269. The van der Waals surface area contributed by atoms with Crippen molar-refractivity contribution < 1.29 is 13.2 Å². The standard InChI is InChI=1S/C23H34N4O3S/c1-17(2)27-31(28,29)16-21-12-10-20(11-13-21)15-26-23(24-5)25-14-19(4)30-22-9-7-6-8-18(22)3/h6-13,17,19,27H,14-16H2,1-5H3,(H2,24,25,26). The summed E-state index contributed by atoms with van der Waals surface area (Å²) in [4.78, 5) is 4.24. The van der Waals surface area contributed by atoms with Gasteiger partial charge in [0, 0.05) is 19.6 Å². The summed E-state index contributed by atoms with van der Waals surface area (Å²) in [5.41, 5.74) is 2.89. The Bertz CT molecular complexity index is 957. The zero-order chi connectivity index (χ0) is 22.9. The summed E-state index contributed by atoms with van der Waals surface area (Å²) in [7, 11) is -1.60. The minimum atomic E-state index is -3.32. The van der Waals surface area contributed by atoms with Crippen molar-refractivity contribution in [3.8, 4) is 5.75 Å². The molecule has 0 aliphatic carbocycles. The smallest absolute Gasteiger partial charge is 0.216 e. The van der Waals surface area contributed by atoms with E-state index in [0.29, 0.717) is 19.0 Å². The molecule has 0 spiro atoms. The molecule has 0 saturated carbocycles. The Morgan fingerprint density at radius 3 is 2.26 bits per heavy atom. The second-order valence-electron chi connectivity index (χ2n) is 7.85. The van der Waals surface area contributed by atoms with Crippen LogP contribution in [-0.4, -0.2) is 40.1 Å². The maximum atomic E-state index is 12.1. The Kier molecular flexibility index (Phi) is 9.33. The first-order chi connectivity index (χ1) is 14.7. The topological polar surface area (TPSA) is 91.8 Å². The molecule has 0 aliphatic rings. The maximum Gasteiger partial charge on any atom is 0.216 e. The number of aryl methyl sites for hydroxylation is 1. The van der Waals surface area contributed by atoms with Crippen LogP contribution in [0.15, 0.2) is 53.5 Å². The highest BCUT2D eigenvalue weighted by molar-refractivity contribution is 7.88. The number of nitrogens with one attached hydrogen (secondary N) is 3. The van der Waals surface area contributed by atoms with Crippen molar-refractivity contribution in [1.29, 1.82) is 0 Å². The van der Waals surface area contributed by atoms with Crippen LogP contribution in [0.3, 0.4) is 0 Å². The first-order valence-electron chi connectivity index (χ1n) is 10.4. The monoisotopic (exact) mass is 446 g/mol. The van der Waals surface area contributed by atoms with Crippen LogP contribution in [0, 0.1) is 6.92 Å². The molecule has 3 N–H and O–H groups in total. The van der Waals surface area contributed by atoms with Gasteiger partial charge < -0.3 is 15.4 Å². The quantitative estimate of drug-likeness (QED) is 0.386. The molecular formula is C23H34N4O3S. The predicted molar refractivity (Wildman–Crippen MR) is 127 cm³/mol. The first-order valence-corrected chi connectivity index (χ1v) is 12.1. The Hall–Kier alpha value is -2.58. The molecule has 170 valence electrons. The Morgan fingerprint density at radius 2 is 1.65 bits per heavy atom. The number of rotatable bonds is 10. The van der Waals surface area contributed by atoms with E-state index in [2.05, 4.69) is 20.3 Å². The largest absolute Gasteiger partial charge is 0.489 e. The second kappa shape index (κ2) is 11.7. The van der Waals surface area contributed by atoms with Gasteiger partial charge in [-0.2, -0.15) is 0 Å². The maximum absolute atomic E-state index is 12.1. The number of hydrogen-bond acceptors (Lipinski definition) is 4. The average molecular weight is 447 g/mol. The lowest BCUT2D eigenvalue weighted by molar-refractivity contribution is 0.222. The van der Waals surface area contributed by atoms with E-state index in [9.17, 15) is 8.42 Å². The summed E-state index contributed by atoms with van der Waals surface area (Å²) in [6.07, 6.45) is -0.0275. The van der Waals surface area contributed by atoms with Crippen LogP contribution in [-0.2, 0) is 22.3 Å². The van der Waals surface area contributed by atoms with Crippen LogP contribution < -0.4 is 20.1 Å². The lowest BCUT2D eigenvalue weighted by atomic mass is 10.1. The van der Waals surface area contributed by atoms with Crippen LogP contribution in [0.5, 0.6) is 5.75 Å². The molecule has 2 aromatic carbocycles. The highest BCUT2D eigenvalue weighted by atomic mass is 32.2. The first kappa shape index (κ1) is 24.7. The zero-order valence-electron chi connectivity index (χ0n) is 19.0. The van der Waals surface area contributed by atoms with Crippen molar-refractivity contribution in [3.05, 3.63) is 65.2 Å². The van der Waals surface area contributed by atoms with Gasteiger partial charge in [-0.3, -0.25) is 4.99 Å². The average Bonchev–Trinajstić information content (AvgIpc) is 2.69. The Morgan fingerprint density at radius 1 is 1.00 bits per heavy atom. The van der Waals surface area contributed by atoms with E-state index in [4.69, 9.17) is 4.74 Å². The summed E-state index contributed by atoms with van der Waals surface area (Å²) in [5, 5.41) is 6.53. The van der Waals surface area contributed by atoms with Gasteiger partial charge in [0.1, 0.15) is 11.9 Å². The van der Waals surface area contributed by atoms with Gasteiger partial charge in [-0.25, -0.2) is 13.1 Å². The lowest BCUT2D eigenvalue weighted by Gasteiger charge is -2.19. The minimum Gasteiger partial charge on any atom is -0.489 e. The fourth-order valence-corrected chi connectivity index (χ4v) is 4.40. The Labute approximate surface area is 186 Å². The number of hydrogen-bond donors (Lipinski definition) is 3. The van der Waals surface area contributed by atoms with E-state index in [0.717, 1.165) is 22.4 Å². The van der Waals surface area contributed by atoms with E-state index < -0.39 is 10.0 Å². The van der Waals surface area contributed by atoms with E-state index in [-0.39, 0.29) is 17.9 Å².